The lowest BCUT2D eigenvalue weighted by atomic mass is 9.95. The molecule has 1 amide bonds. The number of amides is 1. The molecule has 7 heteroatoms. The molecule has 6 nitrogen and oxygen atoms in total. The fourth-order valence-electron chi connectivity index (χ4n) is 3.99. The van der Waals surface area contributed by atoms with E-state index in [4.69, 9.17) is 9.15 Å². The molecule has 3 heterocycles. The molecular weight excluding hydrogens is 412 g/mol. The molecule has 2 aromatic carbocycles. The normalized spacial score (nSPS) is 15.7. The Labute approximate surface area is 182 Å². The number of ether oxygens (including phenoxy) is 1. The summed E-state index contributed by atoms with van der Waals surface area (Å²) in [4.78, 5) is 32.9. The number of aromatic nitrogens is 1. The number of rotatable bonds is 4. The Morgan fingerprint density at radius 3 is 2.55 bits per heavy atom. The van der Waals surface area contributed by atoms with Crippen molar-refractivity contribution < 1.29 is 13.9 Å². The van der Waals surface area contributed by atoms with E-state index in [9.17, 15) is 9.59 Å². The highest BCUT2D eigenvalue weighted by Gasteiger charge is 2.44. The molecule has 1 atom stereocenters. The van der Waals surface area contributed by atoms with Crippen molar-refractivity contribution in [2.75, 3.05) is 12.0 Å². The number of nitrogens with zero attached hydrogens (tertiary/aromatic N) is 2. The van der Waals surface area contributed by atoms with E-state index in [1.54, 1.807) is 41.8 Å². The van der Waals surface area contributed by atoms with Gasteiger partial charge < -0.3 is 9.15 Å². The summed E-state index contributed by atoms with van der Waals surface area (Å²) in [6.45, 7) is 4.25. The third-order valence-corrected chi connectivity index (χ3v) is 6.39. The fourth-order valence-corrected chi connectivity index (χ4v) is 4.66. The summed E-state index contributed by atoms with van der Waals surface area (Å²) in [6.07, 6.45) is 1.64. The van der Waals surface area contributed by atoms with Crippen molar-refractivity contribution in [3.8, 4) is 5.75 Å². The molecule has 1 aliphatic heterocycles. The van der Waals surface area contributed by atoms with Crippen LogP contribution in [0.3, 0.4) is 0 Å². The summed E-state index contributed by atoms with van der Waals surface area (Å²) in [7, 11) is 1.54. The van der Waals surface area contributed by atoms with Gasteiger partial charge in [-0.3, -0.25) is 14.5 Å². The number of carbonyl (C=O) groups is 1. The predicted molar refractivity (Wildman–Crippen MR) is 120 cm³/mol. The van der Waals surface area contributed by atoms with E-state index in [1.807, 2.05) is 24.3 Å². The van der Waals surface area contributed by atoms with Crippen LogP contribution in [0.15, 0.2) is 63.3 Å². The first-order valence-electron chi connectivity index (χ1n) is 9.97. The van der Waals surface area contributed by atoms with Gasteiger partial charge in [0.2, 0.25) is 5.76 Å². The second kappa shape index (κ2) is 7.35. The zero-order valence-corrected chi connectivity index (χ0v) is 18.1. The van der Waals surface area contributed by atoms with Gasteiger partial charge in [-0.05, 0) is 29.2 Å². The molecule has 0 fully saturated rings. The van der Waals surface area contributed by atoms with E-state index in [0.29, 0.717) is 33.3 Å². The van der Waals surface area contributed by atoms with Gasteiger partial charge >= 0.3 is 0 Å². The van der Waals surface area contributed by atoms with Crippen LogP contribution in [0.5, 0.6) is 5.75 Å². The molecule has 0 bridgehead atoms. The van der Waals surface area contributed by atoms with Gasteiger partial charge in [-0.2, -0.15) is 0 Å². The maximum Gasteiger partial charge on any atom is 0.297 e. The van der Waals surface area contributed by atoms with Gasteiger partial charge in [0.05, 0.1) is 24.1 Å². The fraction of sp³-hybridized carbons (Fsp3) is 0.208. The first-order chi connectivity index (χ1) is 15.0. The highest BCUT2D eigenvalue weighted by Crippen LogP contribution is 2.42. The van der Waals surface area contributed by atoms with Gasteiger partial charge in [0.1, 0.15) is 11.3 Å². The van der Waals surface area contributed by atoms with Gasteiger partial charge in [0.15, 0.2) is 10.6 Å². The van der Waals surface area contributed by atoms with Crippen molar-refractivity contribution in [1.82, 2.24) is 4.98 Å². The molecule has 0 saturated heterocycles. The zero-order valence-electron chi connectivity index (χ0n) is 17.3. The maximum absolute atomic E-state index is 13.5. The van der Waals surface area contributed by atoms with Crippen molar-refractivity contribution in [3.05, 3.63) is 86.7 Å². The van der Waals surface area contributed by atoms with Gasteiger partial charge in [-0.25, -0.2) is 4.98 Å². The van der Waals surface area contributed by atoms with Crippen molar-refractivity contribution in [2.45, 2.75) is 25.8 Å². The molecule has 4 aromatic rings. The van der Waals surface area contributed by atoms with Crippen molar-refractivity contribution in [3.63, 3.8) is 0 Å². The highest BCUT2D eigenvalue weighted by atomic mass is 32.1. The SMILES string of the molecule is COc1ccc2c(=O)c3c(oc2c1)C(=O)N(c1nccs1)C3c1ccc(C(C)C)cc1. The summed E-state index contributed by atoms with van der Waals surface area (Å²) in [6, 6.07) is 12.4. The number of fused-ring (bicyclic) bond motifs is 2. The van der Waals surface area contributed by atoms with Crippen LogP contribution < -0.4 is 15.1 Å². The number of benzene rings is 2. The summed E-state index contributed by atoms with van der Waals surface area (Å²) >= 11 is 1.35. The van der Waals surface area contributed by atoms with Crippen LogP contribution in [0.4, 0.5) is 5.13 Å². The predicted octanol–water partition coefficient (Wildman–Crippen LogP) is 5.13. The number of hydrogen-bond acceptors (Lipinski definition) is 6. The largest absolute Gasteiger partial charge is 0.497 e. The van der Waals surface area contributed by atoms with E-state index in [0.717, 1.165) is 5.56 Å². The number of thiazole rings is 1. The van der Waals surface area contributed by atoms with Crippen LogP contribution >= 0.6 is 11.3 Å². The molecule has 0 saturated carbocycles. The van der Waals surface area contributed by atoms with E-state index >= 15 is 0 Å². The summed E-state index contributed by atoms with van der Waals surface area (Å²) < 4.78 is 11.2. The van der Waals surface area contributed by atoms with Crippen LogP contribution in [0, 0.1) is 0 Å². The Morgan fingerprint density at radius 1 is 1.13 bits per heavy atom. The lowest BCUT2D eigenvalue weighted by Gasteiger charge is -2.23. The second-order valence-corrected chi connectivity index (χ2v) is 8.62. The smallest absolute Gasteiger partial charge is 0.297 e. The number of anilines is 1. The maximum atomic E-state index is 13.5. The molecule has 1 unspecified atom stereocenters. The average molecular weight is 433 g/mol. The molecule has 0 radical (unpaired) electrons. The second-order valence-electron chi connectivity index (χ2n) is 7.75. The van der Waals surface area contributed by atoms with Crippen LogP contribution in [0.1, 0.15) is 53.1 Å². The van der Waals surface area contributed by atoms with Gasteiger partial charge in [-0.15, -0.1) is 11.3 Å². The van der Waals surface area contributed by atoms with Crippen LogP contribution in [0.2, 0.25) is 0 Å². The molecule has 0 spiro atoms. The Bertz CT molecular complexity index is 1340. The van der Waals surface area contributed by atoms with Gasteiger partial charge in [0.25, 0.3) is 5.91 Å². The number of hydrogen-bond donors (Lipinski definition) is 0. The van der Waals surface area contributed by atoms with Crippen LogP contribution in [-0.4, -0.2) is 18.0 Å². The third kappa shape index (κ3) is 3.04. The number of methoxy groups -OCH3 is 1. The van der Waals surface area contributed by atoms with Crippen LogP contribution in [0.25, 0.3) is 11.0 Å². The zero-order chi connectivity index (χ0) is 21.7. The van der Waals surface area contributed by atoms with Crippen molar-refractivity contribution in [1.29, 1.82) is 0 Å². The van der Waals surface area contributed by atoms with Crippen molar-refractivity contribution >= 4 is 33.3 Å². The first-order valence-corrected chi connectivity index (χ1v) is 10.8. The first kappa shape index (κ1) is 19.5. The van der Waals surface area contributed by atoms with E-state index in [-0.39, 0.29) is 17.1 Å². The third-order valence-electron chi connectivity index (χ3n) is 5.62. The van der Waals surface area contributed by atoms with E-state index in [1.165, 1.54) is 16.9 Å². The van der Waals surface area contributed by atoms with Crippen molar-refractivity contribution in [2.24, 2.45) is 0 Å². The summed E-state index contributed by atoms with van der Waals surface area (Å²) in [5.41, 5.74) is 2.48. The Hall–Kier alpha value is -3.45. The molecule has 0 aliphatic carbocycles. The minimum atomic E-state index is -0.599. The average Bonchev–Trinajstić information content (AvgIpc) is 3.40. The van der Waals surface area contributed by atoms with Gasteiger partial charge in [-0.1, -0.05) is 38.1 Å². The molecule has 0 N–H and O–H groups in total. The Balaban J connectivity index is 1.76. The van der Waals surface area contributed by atoms with E-state index in [2.05, 4.69) is 18.8 Å². The summed E-state index contributed by atoms with van der Waals surface area (Å²) in [5, 5.41) is 2.74. The monoisotopic (exact) mass is 432 g/mol. The quantitative estimate of drug-likeness (QED) is 0.447. The minimum absolute atomic E-state index is 0.0545. The van der Waals surface area contributed by atoms with E-state index < -0.39 is 6.04 Å². The molecule has 156 valence electrons. The molecule has 1 aliphatic rings. The molecular formula is C24H20N2O4S. The molecule has 31 heavy (non-hydrogen) atoms. The lowest BCUT2D eigenvalue weighted by molar-refractivity contribution is 0.0971. The molecule has 2 aromatic heterocycles. The summed E-state index contributed by atoms with van der Waals surface area (Å²) in [5.74, 6) is 0.618. The number of carbonyl (C=O) groups excluding carboxylic acids is 1. The van der Waals surface area contributed by atoms with Crippen LogP contribution in [-0.2, 0) is 0 Å². The Kier molecular flexibility index (Phi) is 4.63. The lowest BCUT2D eigenvalue weighted by Crippen LogP contribution is -2.29. The topological polar surface area (TPSA) is 72.6 Å². The standard InChI is InChI=1S/C24H20N2O4S/c1-13(2)14-4-6-15(7-5-14)20-19-21(27)17-9-8-16(29-3)12-18(17)30-22(19)23(28)26(20)24-25-10-11-31-24/h4-13,20H,1-3H3. The van der Waals surface area contributed by atoms with Gasteiger partial charge in [0, 0.05) is 17.6 Å². The molecule has 5 rings (SSSR count). The highest BCUT2D eigenvalue weighted by molar-refractivity contribution is 7.13. The minimum Gasteiger partial charge on any atom is -0.497 e. The Morgan fingerprint density at radius 2 is 1.90 bits per heavy atom.